The van der Waals surface area contributed by atoms with E-state index >= 15 is 0 Å². The highest BCUT2D eigenvalue weighted by molar-refractivity contribution is 5.11. The van der Waals surface area contributed by atoms with Crippen LogP contribution in [0.2, 0.25) is 0 Å². The first-order chi connectivity index (χ1) is 5.55. The lowest BCUT2D eigenvalue weighted by molar-refractivity contribution is 0.401. The van der Waals surface area contributed by atoms with Crippen LogP contribution in [-0.2, 0) is 12.0 Å². The van der Waals surface area contributed by atoms with E-state index in [0.717, 1.165) is 5.69 Å². The second-order valence-electron chi connectivity index (χ2n) is 3.88. The van der Waals surface area contributed by atoms with Crippen LogP contribution in [0.4, 0.5) is 4.39 Å². The Bertz CT molecular complexity index is 247. The molecule has 0 N–H and O–H groups in total. The van der Waals surface area contributed by atoms with E-state index in [1.807, 2.05) is 6.07 Å². The Morgan fingerprint density at radius 3 is 2.67 bits per heavy atom. The van der Waals surface area contributed by atoms with Crippen LogP contribution in [0.15, 0.2) is 12.3 Å². The second-order valence-corrected chi connectivity index (χ2v) is 3.88. The Balaban J connectivity index is 2.91. The van der Waals surface area contributed by atoms with E-state index in [4.69, 9.17) is 0 Å². The molecule has 0 bridgehead atoms. The van der Waals surface area contributed by atoms with Crippen molar-refractivity contribution in [3.63, 3.8) is 0 Å². The summed E-state index contributed by atoms with van der Waals surface area (Å²) in [6, 6.07) is 1.94. The van der Waals surface area contributed by atoms with E-state index in [0.29, 0.717) is 6.54 Å². The molecule has 0 spiro atoms. The number of aryl methyl sites for hydroxylation is 1. The summed E-state index contributed by atoms with van der Waals surface area (Å²) in [5, 5.41) is 4.05. The Labute approximate surface area is 72.4 Å². The van der Waals surface area contributed by atoms with Crippen molar-refractivity contribution in [2.75, 3.05) is 6.67 Å². The van der Waals surface area contributed by atoms with Gasteiger partial charge in [-0.2, -0.15) is 5.10 Å². The van der Waals surface area contributed by atoms with Gasteiger partial charge in [0.05, 0.1) is 6.54 Å². The zero-order valence-electron chi connectivity index (χ0n) is 7.84. The molecule has 0 unspecified atom stereocenters. The summed E-state index contributed by atoms with van der Waals surface area (Å²) in [5.41, 5.74) is 1.13. The molecule has 2 nitrogen and oxygen atoms in total. The molecule has 0 aliphatic rings. The third kappa shape index (κ3) is 1.84. The number of nitrogens with zero attached hydrogens (tertiary/aromatic N) is 2. The van der Waals surface area contributed by atoms with Crippen molar-refractivity contribution in [2.24, 2.45) is 0 Å². The van der Waals surface area contributed by atoms with Crippen LogP contribution in [0, 0.1) is 0 Å². The molecule has 12 heavy (non-hydrogen) atoms. The van der Waals surface area contributed by atoms with Crippen LogP contribution in [0.5, 0.6) is 0 Å². The smallest absolute Gasteiger partial charge is 0.109 e. The predicted octanol–water partition coefficient (Wildman–Crippen LogP) is 2.15. The van der Waals surface area contributed by atoms with E-state index < -0.39 is 0 Å². The summed E-state index contributed by atoms with van der Waals surface area (Å²) >= 11 is 0. The lowest BCUT2D eigenvalue weighted by Gasteiger charge is -2.19. The molecular formula is C9H15FN2. The van der Waals surface area contributed by atoms with Crippen LogP contribution < -0.4 is 0 Å². The van der Waals surface area contributed by atoms with Crippen molar-refractivity contribution in [2.45, 2.75) is 32.7 Å². The first-order valence-electron chi connectivity index (χ1n) is 4.14. The van der Waals surface area contributed by atoms with Gasteiger partial charge in [0.1, 0.15) is 6.67 Å². The quantitative estimate of drug-likeness (QED) is 0.665. The van der Waals surface area contributed by atoms with Gasteiger partial charge in [-0.05, 0) is 6.07 Å². The zero-order valence-corrected chi connectivity index (χ0v) is 7.84. The first kappa shape index (κ1) is 9.23. The third-order valence-corrected chi connectivity index (χ3v) is 1.78. The van der Waals surface area contributed by atoms with Gasteiger partial charge in [0.2, 0.25) is 0 Å². The zero-order chi connectivity index (χ0) is 9.19. The lowest BCUT2D eigenvalue weighted by atomic mass is 9.92. The van der Waals surface area contributed by atoms with Gasteiger partial charge in [-0.1, -0.05) is 20.8 Å². The minimum atomic E-state index is -0.356. The summed E-state index contributed by atoms with van der Waals surface area (Å²) in [6.45, 7) is 6.29. The molecular weight excluding hydrogens is 155 g/mol. The molecule has 68 valence electrons. The molecule has 1 aromatic rings. The highest BCUT2D eigenvalue weighted by Gasteiger charge is 2.17. The molecule has 0 aliphatic heterocycles. The standard InChI is InChI=1S/C9H15FN2/c1-9(2,3)8-4-6-11-12(8)7-5-10/h4,6H,5,7H2,1-3H3. The molecule has 0 aromatic carbocycles. The fraction of sp³-hybridized carbons (Fsp3) is 0.667. The monoisotopic (exact) mass is 170 g/mol. The van der Waals surface area contributed by atoms with Crippen LogP contribution in [0.1, 0.15) is 26.5 Å². The minimum absolute atomic E-state index is 0.0473. The topological polar surface area (TPSA) is 17.8 Å². The Kier molecular flexibility index (Phi) is 2.50. The Morgan fingerprint density at radius 2 is 2.17 bits per heavy atom. The van der Waals surface area contributed by atoms with Crippen molar-refractivity contribution in [1.82, 2.24) is 9.78 Å². The largest absolute Gasteiger partial charge is 0.266 e. The Hall–Kier alpha value is -0.860. The highest BCUT2D eigenvalue weighted by atomic mass is 19.1. The molecule has 0 saturated carbocycles. The molecule has 0 saturated heterocycles. The maximum atomic E-state index is 12.1. The van der Waals surface area contributed by atoms with Crippen molar-refractivity contribution in [3.05, 3.63) is 18.0 Å². The van der Waals surface area contributed by atoms with Crippen LogP contribution >= 0.6 is 0 Å². The van der Waals surface area contributed by atoms with E-state index in [2.05, 4.69) is 25.9 Å². The fourth-order valence-electron chi connectivity index (χ4n) is 1.23. The molecule has 0 aliphatic carbocycles. The number of alkyl halides is 1. The maximum absolute atomic E-state index is 12.1. The second kappa shape index (κ2) is 3.25. The summed E-state index contributed by atoms with van der Waals surface area (Å²) in [5.74, 6) is 0. The fourth-order valence-corrected chi connectivity index (χ4v) is 1.23. The van der Waals surface area contributed by atoms with Gasteiger partial charge < -0.3 is 0 Å². The third-order valence-electron chi connectivity index (χ3n) is 1.78. The van der Waals surface area contributed by atoms with Gasteiger partial charge >= 0.3 is 0 Å². The molecule has 0 atom stereocenters. The lowest BCUT2D eigenvalue weighted by Crippen LogP contribution is -2.19. The molecule has 0 radical (unpaired) electrons. The van der Waals surface area contributed by atoms with Crippen molar-refractivity contribution < 1.29 is 4.39 Å². The van der Waals surface area contributed by atoms with Crippen molar-refractivity contribution in [3.8, 4) is 0 Å². The normalized spacial score (nSPS) is 12.0. The average molecular weight is 170 g/mol. The van der Waals surface area contributed by atoms with E-state index in [9.17, 15) is 4.39 Å². The van der Waals surface area contributed by atoms with Gasteiger partial charge in [-0.15, -0.1) is 0 Å². The number of aromatic nitrogens is 2. The van der Waals surface area contributed by atoms with Gasteiger partial charge in [0.25, 0.3) is 0 Å². The van der Waals surface area contributed by atoms with Crippen molar-refractivity contribution >= 4 is 0 Å². The number of rotatable bonds is 2. The summed E-state index contributed by atoms with van der Waals surface area (Å²) in [7, 11) is 0. The van der Waals surface area contributed by atoms with Crippen LogP contribution in [-0.4, -0.2) is 16.5 Å². The maximum Gasteiger partial charge on any atom is 0.109 e. The van der Waals surface area contributed by atoms with Gasteiger partial charge in [0, 0.05) is 17.3 Å². The van der Waals surface area contributed by atoms with Crippen LogP contribution in [0.25, 0.3) is 0 Å². The molecule has 0 amide bonds. The molecule has 3 heteroatoms. The first-order valence-corrected chi connectivity index (χ1v) is 4.14. The van der Waals surface area contributed by atoms with Gasteiger partial charge in [-0.25, -0.2) is 4.39 Å². The van der Waals surface area contributed by atoms with Gasteiger partial charge in [-0.3, -0.25) is 4.68 Å². The number of hydrogen-bond acceptors (Lipinski definition) is 1. The van der Waals surface area contributed by atoms with E-state index in [1.54, 1.807) is 10.9 Å². The molecule has 1 aromatic heterocycles. The number of hydrogen-bond donors (Lipinski definition) is 0. The molecule has 0 fully saturated rings. The predicted molar refractivity (Wildman–Crippen MR) is 46.9 cm³/mol. The van der Waals surface area contributed by atoms with Crippen LogP contribution in [0.3, 0.4) is 0 Å². The summed E-state index contributed by atoms with van der Waals surface area (Å²) in [6.07, 6.45) is 1.72. The van der Waals surface area contributed by atoms with Crippen molar-refractivity contribution in [1.29, 1.82) is 0 Å². The SMILES string of the molecule is CC(C)(C)c1ccnn1CCF. The molecule has 1 rings (SSSR count). The minimum Gasteiger partial charge on any atom is -0.266 e. The Morgan fingerprint density at radius 1 is 1.50 bits per heavy atom. The van der Waals surface area contributed by atoms with E-state index in [1.165, 1.54) is 0 Å². The summed E-state index contributed by atoms with van der Waals surface area (Å²) < 4.78 is 13.8. The van der Waals surface area contributed by atoms with Gasteiger partial charge in [0.15, 0.2) is 0 Å². The average Bonchev–Trinajstić information content (AvgIpc) is 2.34. The van der Waals surface area contributed by atoms with E-state index in [-0.39, 0.29) is 12.1 Å². The molecule has 1 heterocycles. The highest BCUT2D eigenvalue weighted by Crippen LogP contribution is 2.21. The number of halogens is 1. The summed E-state index contributed by atoms with van der Waals surface area (Å²) in [4.78, 5) is 0.